The summed E-state index contributed by atoms with van der Waals surface area (Å²) in [6, 6.07) is 2.07. The Labute approximate surface area is 116 Å². The van der Waals surface area contributed by atoms with Gasteiger partial charge in [0.1, 0.15) is 0 Å². The molecule has 0 saturated heterocycles. The fourth-order valence-corrected chi connectivity index (χ4v) is 3.61. The number of hydrogen-bond acceptors (Lipinski definition) is 3. The summed E-state index contributed by atoms with van der Waals surface area (Å²) in [5.74, 6) is -0.0222. The fraction of sp³-hybridized carbons (Fsp3) is 0.429. The van der Waals surface area contributed by atoms with Crippen LogP contribution in [0.25, 0.3) is 0 Å². The molecule has 4 nitrogen and oxygen atoms in total. The number of nitrogens with zero attached hydrogens (tertiary/aromatic N) is 2. The van der Waals surface area contributed by atoms with Gasteiger partial charge in [-0.3, -0.25) is 9.48 Å². The fourth-order valence-electron chi connectivity index (χ4n) is 2.46. The van der Waals surface area contributed by atoms with E-state index in [4.69, 9.17) is 0 Å². The minimum atomic E-state index is -0.0222. The Morgan fingerprint density at radius 2 is 2.21 bits per heavy atom. The van der Waals surface area contributed by atoms with Gasteiger partial charge in [0.05, 0.1) is 16.8 Å². The quantitative estimate of drug-likeness (QED) is 0.856. The van der Waals surface area contributed by atoms with E-state index in [2.05, 4.69) is 16.5 Å². The molecule has 0 atom stereocenters. The molecule has 2 heterocycles. The van der Waals surface area contributed by atoms with Crippen LogP contribution in [0.1, 0.15) is 39.4 Å². The molecule has 0 radical (unpaired) electrons. The number of hydrogen-bond donors (Lipinski definition) is 1. The predicted octanol–water partition coefficient (Wildman–Crippen LogP) is 3.00. The Kier molecular flexibility index (Phi) is 3.38. The van der Waals surface area contributed by atoms with Crippen LogP contribution in [0.5, 0.6) is 0 Å². The van der Waals surface area contributed by atoms with Crippen LogP contribution >= 0.6 is 11.3 Å². The maximum absolute atomic E-state index is 12.2. The van der Waals surface area contributed by atoms with Crippen LogP contribution < -0.4 is 5.32 Å². The molecule has 100 valence electrons. The molecular weight excluding hydrogens is 258 g/mol. The van der Waals surface area contributed by atoms with E-state index < -0.39 is 0 Å². The van der Waals surface area contributed by atoms with Crippen molar-refractivity contribution in [1.82, 2.24) is 9.78 Å². The Morgan fingerprint density at radius 1 is 1.37 bits per heavy atom. The lowest BCUT2D eigenvalue weighted by atomic mass is 10.1. The molecule has 1 N–H and O–H groups in total. The molecule has 1 aliphatic carbocycles. The third-order valence-corrected chi connectivity index (χ3v) is 4.67. The molecule has 3 rings (SSSR count). The molecular formula is C14H17N3OS. The summed E-state index contributed by atoms with van der Waals surface area (Å²) >= 11 is 1.64. The molecule has 5 heteroatoms. The third-order valence-electron chi connectivity index (χ3n) is 3.43. The zero-order valence-corrected chi connectivity index (χ0v) is 11.8. The molecule has 0 aliphatic heterocycles. The number of aromatic nitrogens is 2. The summed E-state index contributed by atoms with van der Waals surface area (Å²) < 4.78 is 1.68. The monoisotopic (exact) mass is 275 g/mol. The van der Waals surface area contributed by atoms with E-state index in [0.717, 1.165) is 23.4 Å². The second-order valence-electron chi connectivity index (χ2n) is 4.98. The zero-order valence-electron chi connectivity index (χ0n) is 11.0. The standard InChI is InChI=1S/C14H17N3OS/c1-17-9-11(8-15-17)16-14(18)13-7-10-5-3-2-4-6-12(10)19-13/h7-9H,2-6H2,1H3,(H,16,18). The van der Waals surface area contributed by atoms with Gasteiger partial charge in [-0.05, 0) is 37.3 Å². The van der Waals surface area contributed by atoms with Crippen molar-refractivity contribution in [2.75, 3.05) is 5.32 Å². The van der Waals surface area contributed by atoms with Crippen molar-refractivity contribution in [3.8, 4) is 0 Å². The van der Waals surface area contributed by atoms with Crippen molar-refractivity contribution in [2.45, 2.75) is 32.1 Å². The Balaban J connectivity index is 1.76. The molecule has 19 heavy (non-hydrogen) atoms. The van der Waals surface area contributed by atoms with Crippen LogP contribution in [0.2, 0.25) is 0 Å². The maximum Gasteiger partial charge on any atom is 0.265 e. The number of anilines is 1. The average molecular weight is 275 g/mol. The zero-order chi connectivity index (χ0) is 13.2. The average Bonchev–Trinajstić information content (AvgIpc) is 2.91. The van der Waals surface area contributed by atoms with E-state index >= 15 is 0 Å². The summed E-state index contributed by atoms with van der Waals surface area (Å²) in [5.41, 5.74) is 2.12. The normalized spacial score (nSPS) is 14.8. The lowest BCUT2D eigenvalue weighted by Gasteiger charge is -1.99. The number of fused-ring (bicyclic) bond motifs is 1. The first-order chi connectivity index (χ1) is 9.22. The summed E-state index contributed by atoms with van der Waals surface area (Å²) in [7, 11) is 1.84. The molecule has 0 unspecified atom stereocenters. The van der Waals surface area contributed by atoms with Crippen LogP contribution in [0, 0.1) is 0 Å². The van der Waals surface area contributed by atoms with Crippen molar-refractivity contribution in [3.63, 3.8) is 0 Å². The van der Waals surface area contributed by atoms with Gasteiger partial charge in [-0.1, -0.05) is 6.42 Å². The predicted molar refractivity (Wildman–Crippen MR) is 76.7 cm³/mol. The summed E-state index contributed by atoms with van der Waals surface area (Å²) in [4.78, 5) is 14.4. The van der Waals surface area contributed by atoms with Crippen LogP contribution in [0.3, 0.4) is 0 Å². The lowest BCUT2D eigenvalue weighted by Crippen LogP contribution is -2.09. The molecule has 0 bridgehead atoms. The highest BCUT2D eigenvalue weighted by atomic mass is 32.1. The van der Waals surface area contributed by atoms with Gasteiger partial charge in [-0.2, -0.15) is 5.10 Å². The second kappa shape index (κ2) is 5.17. The summed E-state index contributed by atoms with van der Waals surface area (Å²) in [6.45, 7) is 0. The van der Waals surface area contributed by atoms with Crippen LogP contribution in [0.15, 0.2) is 18.5 Å². The van der Waals surface area contributed by atoms with Crippen molar-refractivity contribution < 1.29 is 4.79 Å². The van der Waals surface area contributed by atoms with Gasteiger partial charge >= 0.3 is 0 Å². The van der Waals surface area contributed by atoms with Gasteiger partial charge in [0.15, 0.2) is 0 Å². The van der Waals surface area contributed by atoms with Gasteiger partial charge < -0.3 is 5.32 Å². The second-order valence-corrected chi connectivity index (χ2v) is 6.11. The van der Waals surface area contributed by atoms with Gasteiger partial charge in [-0.25, -0.2) is 0 Å². The first-order valence-electron chi connectivity index (χ1n) is 6.64. The number of carbonyl (C=O) groups excluding carboxylic acids is 1. The number of carbonyl (C=O) groups is 1. The highest BCUT2D eigenvalue weighted by molar-refractivity contribution is 7.14. The lowest BCUT2D eigenvalue weighted by molar-refractivity contribution is 0.103. The van der Waals surface area contributed by atoms with Crippen molar-refractivity contribution in [3.05, 3.63) is 33.8 Å². The first kappa shape index (κ1) is 12.4. The maximum atomic E-state index is 12.2. The Hall–Kier alpha value is -1.62. The minimum Gasteiger partial charge on any atom is -0.319 e. The molecule has 1 amide bonds. The summed E-state index contributed by atoms with van der Waals surface area (Å²) in [5, 5.41) is 6.94. The van der Waals surface area contributed by atoms with Crippen LogP contribution in [-0.2, 0) is 19.9 Å². The molecule has 0 spiro atoms. The van der Waals surface area contributed by atoms with E-state index in [1.165, 1.54) is 29.7 Å². The number of nitrogens with one attached hydrogen (secondary N) is 1. The largest absolute Gasteiger partial charge is 0.319 e. The van der Waals surface area contributed by atoms with E-state index in [0.29, 0.717) is 0 Å². The van der Waals surface area contributed by atoms with Crippen LogP contribution in [-0.4, -0.2) is 15.7 Å². The Morgan fingerprint density at radius 3 is 3.00 bits per heavy atom. The minimum absolute atomic E-state index is 0.0222. The van der Waals surface area contributed by atoms with Gasteiger partial charge in [0.25, 0.3) is 5.91 Å². The van der Waals surface area contributed by atoms with Crippen molar-refractivity contribution in [1.29, 1.82) is 0 Å². The molecule has 2 aromatic heterocycles. The van der Waals surface area contributed by atoms with Gasteiger partial charge in [-0.15, -0.1) is 11.3 Å². The Bertz CT molecular complexity index is 576. The third kappa shape index (κ3) is 2.71. The first-order valence-corrected chi connectivity index (χ1v) is 7.45. The number of aryl methyl sites for hydroxylation is 3. The van der Waals surface area contributed by atoms with Crippen LogP contribution in [0.4, 0.5) is 5.69 Å². The number of amides is 1. The molecule has 1 aliphatic rings. The van der Waals surface area contributed by atoms with Crippen molar-refractivity contribution in [2.24, 2.45) is 7.05 Å². The highest BCUT2D eigenvalue weighted by Gasteiger charge is 2.16. The topological polar surface area (TPSA) is 46.9 Å². The molecule has 0 aromatic carbocycles. The van der Waals surface area contributed by atoms with Gasteiger partial charge in [0.2, 0.25) is 0 Å². The summed E-state index contributed by atoms with van der Waals surface area (Å²) in [6.07, 6.45) is 9.50. The SMILES string of the molecule is Cn1cc(NC(=O)c2cc3c(s2)CCCCC3)cn1. The smallest absolute Gasteiger partial charge is 0.265 e. The van der Waals surface area contributed by atoms with E-state index in [-0.39, 0.29) is 5.91 Å². The van der Waals surface area contributed by atoms with E-state index in [9.17, 15) is 4.79 Å². The van der Waals surface area contributed by atoms with Gasteiger partial charge in [0, 0.05) is 18.1 Å². The van der Waals surface area contributed by atoms with E-state index in [1.807, 2.05) is 7.05 Å². The highest BCUT2D eigenvalue weighted by Crippen LogP contribution is 2.29. The van der Waals surface area contributed by atoms with Crippen molar-refractivity contribution >= 4 is 22.9 Å². The molecule has 0 saturated carbocycles. The molecule has 2 aromatic rings. The number of thiophene rings is 1. The molecule has 0 fully saturated rings. The van der Waals surface area contributed by atoms with E-state index in [1.54, 1.807) is 28.4 Å². The number of rotatable bonds is 2.